The van der Waals surface area contributed by atoms with E-state index in [9.17, 15) is 9.59 Å². The van der Waals surface area contributed by atoms with Gasteiger partial charge in [0.2, 0.25) is 11.8 Å². The number of amides is 2. The van der Waals surface area contributed by atoms with E-state index in [0.717, 1.165) is 0 Å². The van der Waals surface area contributed by atoms with Crippen LogP contribution in [0.25, 0.3) is 0 Å². The zero-order valence-electron chi connectivity index (χ0n) is 6.54. The summed E-state index contributed by atoms with van der Waals surface area (Å²) >= 11 is 7.53. The predicted molar refractivity (Wildman–Crippen MR) is 53.7 cm³/mol. The third kappa shape index (κ3) is 6.36. The molecule has 0 radical (unpaired) electrons. The van der Waals surface area contributed by atoms with Crippen LogP contribution >= 0.6 is 25.3 Å². The summed E-state index contributed by atoms with van der Waals surface area (Å²) in [6, 6.07) is 0. The minimum atomic E-state index is -0.140. The molecular weight excluding hydrogens is 196 g/mol. The van der Waals surface area contributed by atoms with E-state index in [1.165, 1.54) is 0 Å². The molecule has 0 unspecified atom stereocenters. The van der Waals surface area contributed by atoms with E-state index in [1.807, 2.05) is 0 Å². The van der Waals surface area contributed by atoms with E-state index in [-0.39, 0.29) is 23.3 Å². The van der Waals surface area contributed by atoms with Crippen molar-refractivity contribution in [3.8, 4) is 0 Å². The fourth-order valence-electron chi connectivity index (χ4n) is 0.516. The quantitative estimate of drug-likeness (QED) is 0.349. The second kappa shape index (κ2) is 7.30. The summed E-state index contributed by atoms with van der Waals surface area (Å²) < 4.78 is 0. The van der Waals surface area contributed by atoms with E-state index in [2.05, 4.69) is 35.9 Å². The van der Waals surface area contributed by atoms with Gasteiger partial charge in [0.1, 0.15) is 0 Å². The Hall–Kier alpha value is -0.360. The summed E-state index contributed by atoms with van der Waals surface area (Å²) in [5.74, 6) is 0.0537. The fraction of sp³-hybridized carbons (Fsp3) is 0.667. The molecular formula is C6H12N2O2S2. The molecule has 70 valence electrons. The standard InChI is InChI=1S/C6H12N2O2S2/c9-5(3-11)7-1-2-8-6(10)4-12/h11-12H,1-4H2,(H,7,9)(H,8,10). The van der Waals surface area contributed by atoms with Gasteiger partial charge in [-0.3, -0.25) is 9.59 Å². The number of thiol groups is 2. The molecule has 0 aliphatic rings. The highest BCUT2D eigenvalue weighted by atomic mass is 32.1. The van der Waals surface area contributed by atoms with Crippen molar-refractivity contribution in [2.45, 2.75) is 0 Å². The van der Waals surface area contributed by atoms with E-state index in [0.29, 0.717) is 13.1 Å². The SMILES string of the molecule is O=C(CS)NCCNC(=O)CS. The van der Waals surface area contributed by atoms with Gasteiger partial charge in [-0.1, -0.05) is 0 Å². The minimum absolute atomic E-state index is 0.140. The summed E-state index contributed by atoms with van der Waals surface area (Å²) in [7, 11) is 0. The molecule has 0 aromatic carbocycles. The van der Waals surface area contributed by atoms with Crippen molar-refractivity contribution in [3.63, 3.8) is 0 Å². The van der Waals surface area contributed by atoms with Crippen LogP contribution in [0, 0.1) is 0 Å². The molecule has 0 aromatic heterocycles. The summed E-state index contributed by atoms with van der Waals surface area (Å²) in [6.07, 6.45) is 0. The molecule has 0 aliphatic heterocycles. The molecule has 2 N–H and O–H groups in total. The zero-order chi connectivity index (χ0) is 9.40. The van der Waals surface area contributed by atoms with E-state index < -0.39 is 0 Å². The van der Waals surface area contributed by atoms with Crippen LogP contribution in [0.4, 0.5) is 0 Å². The lowest BCUT2D eigenvalue weighted by molar-refractivity contribution is -0.120. The molecule has 0 aromatic rings. The van der Waals surface area contributed by atoms with Gasteiger partial charge in [-0.25, -0.2) is 0 Å². The average Bonchev–Trinajstić information content (AvgIpc) is 2.11. The van der Waals surface area contributed by atoms with E-state index >= 15 is 0 Å². The van der Waals surface area contributed by atoms with Crippen molar-refractivity contribution in [1.29, 1.82) is 0 Å². The highest BCUT2D eigenvalue weighted by Crippen LogP contribution is 1.73. The van der Waals surface area contributed by atoms with Crippen molar-refractivity contribution >= 4 is 37.1 Å². The van der Waals surface area contributed by atoms with Gasteiger partial charge in [-0.05, 0) is 0 Å². The Morgan fingerprint density at radius 3 is 1.50 bits per heavy atom. The van der Waals surface area contributed by atoms with E-state index in [1.54, 1.807) is 0 Å². The van der Waals surface area contributed by atoms with Crippen molar-refractivity contribution < 1.29 is 9.59 Å². The van der Waals surface area contributed by atoms with Gasteiger partial charge < -0.3 is 10.6 Å². The van der Waals surface area contributed by atoms with Gasteiger partial charge >= 0.3 is 0 Å². The van der Waals surface area contributed by atoms with Crippen LogP contribution in [0.3, 0.4) is 0 Å². The molecule has 0 saturated carbocycles. The summed E-state index contributed by atoms with van der Waals surface area (Å²) in [4.78, 5) is 21.2. The molecule has 0 spiro atoms. The molecule has 0 heterocycles. The van der Waals surface area contributed by atoms with Crippen molar-refractivity contribution in [2.24, 2.45) is 0 Å². The lowest BCUT2D eigenvalue weighted by Gasteiger charge is -2.03. The fourth-order valence-corrected chi connectivity index (χ4v) is 0.739. The number of rotatable bonds is 5. The van der Waals surface area contributed by atoms with Crippen LogP contribution in [0.5, 0.6) is 0 Å². The van der Waals surface area contributed by atoms with Gasteiger partial charge in [0.25, 0.3) is 0 Å². The van der Waals surface area contributed by atoms with Crippen LogP contribution in [-0.2, 0) is 9.59 Å². The molecule has 6 heteroatoms. The smallest absolute Gasteiger partial charge is 0.229 e. The molecule has 0 fully saturated rings. The number of carbonyl (C=O) groups excluding carboxylic acids is 2. The molecule has 0 saturated heterocycles. The molecule has 0 aliphatic carbocycles. The second-order valence-corrected chi connectivity index (χ2v) is 2.65. The Morgan fingerprint density at radius 1 is 0.917 bits per heavy atom. The monoisotopic (exact) mass is 208 g/mol. The molecule has 12 heavy (non-hydrogen) atoms. The topological polar surface area (TPSA) is 58.2 Å². The number of hydrogen-bond acceptors (Lipinski definition) is 4. The number of carbonyl (C=O) groups is 2. The maximum absolute atomic E-state index is 10.6. The molecule has 0 rings (SSSR count). The molecule has 0 atom stereocenters. The van der Waals surface area contributed by atoms with Gasteiger partial charge in [-0.2, -0.15) is 25.3 Å². The predicted octanol–water partition coefficient (Wildman–Crippen LogP) is -0.922. The molecule has 4 nitrogen and oxygen atoms in total. The minimum Gasteiger partial charge on any atom is -0.354 e. The Labute approximate surface area is 82.3 Å². The largest absolute Gasteiger partial charge is 0.354 e. The lowest BCUT2D eigenvalue weighted by atomic mass is 10.5. The normalized spacial score (nSPS) is 9.17. The Morgan fingerprint density at radius 2 is 1.25 bits per heavy atom. The first-order chi connectivity index (χ1) is 5.70. The van der Waals surface area contributed by atoms with Crippen molar-refractivity contribution in [2.75, 3.05) is 24.6 Å². The third-order valence-corrected chi connectivity index (χ3v) is 1.63. The summed E-state index contributed by atoms with van der Waals surface area (Å²) in [6.45, 7) is 0.859. The van der Waals surface area contributed by atoms with Crippen LogP contribution < -0.4 is 10.6 Å². The van der Waals surface area contributed by atoms with Crippen LogP contribution in [0.1, 0.15) is 0 Å². The van der Waals surface area contributed by atoms with Crippen LogP contribution in [-0.4, -0.2) is 36.4 Å². The van der Waals surface area contributed by atoms with Crippen molar-refractivity contribution in [3.05, 3.63) is 0 Å². The number of nitrogens with one attached hydrogen (secondary N) is 2. The van der Waals surface area contributed by atoms with Gasteiger partial charge in [0.15, 0.2) is 0 Å². The second-order valence-electron chi connectivity index (χ2n) is 2.02. The lowest BCUT2D eigenvalue weighted by Crippen LogP contribution is -2.35. The highest BCUT2D eigenvalue weighted by Gasteiger charge is 1.97. The summed E-state index contributed by atoms with van der Waals surface area (Å²) in [5.41, 5.74) is 0. The number of hydrogen-bond donors (Lipinski definition) is 4. The maximum Gasteiger partial charge on any atom is 0.229 e. The molecule has 0 bridgehead atoms. The average molecular weight is 208 g/mol. The Balaban J connectivity index is 3.21. The first-order valence-corrected chi connectivity index (χ1v) is 4.72. The van der Waals surface area contributed by atoms with Crippen LogP contribution in [0.15, 0.2) is 0 Å². The Kier molecular flexibility index (Phi) is 7.08. The van der Waals surface area contributed by atoms with Gasteiger partial charge in [0.05, 0.1) is 11.5 Å². The molecule has 2 amide bonds. The van der Waals surface area contributed by atoms with Gasteiger partial charge in [0, 0.05) is 13.1 Å². The van der Waals surface area contributed by atoms with Gasteiger partial charge in [-0.15, -0.1) is 0 Å². The first-order valence-electron chi connectivity index (χ1n) is 3.45. The summed E-state index contributed by atoms with van der Waals surface area (Å²) in [5, 5.41) is 5.11. The Bertz CT molecular complexity index is 146. The van der Waals surface area contributed by atoms with Crippen LogP contribution in [0.2, 0.25) is 0 Å². The van der Waals surface area contributed by atoms with Crippen molar-refractivity contribution in [1.82, 2.24) is 10.6 Å². The maximum atomic E-state index is 10.6. The zero-order valence-corrected chi connectivity index (χ0v) is 8.33. The highest BCUT2D eigenvalue weighted by molar-refractivity contribution is 7.81. The third-order valence-electron chi connectivity index (χ3n) is 1.06. The first kappa shape index (κ1) is 11.6. The van der Waals surface area contributed by atoms with E-state index in [4.69, 9.17) is 0 Å².